The van der Waals surface area contributed by atoms with Crippen molar-refractivity contribution in [2.45, 2.75) is 45.3 Å². The van der Waals surface area contributed by atoms with Crippen molar-refractivity contribution in [3.8, 4) is 6.07 Å². The van der Waals surface area contributed by atoms with E-state index in [1.807, 2.05) is 13.8 Å². The van der Waals surface area contributed by atoms with Crippen molar-refractivity contribution in [2.75, 3.05) is 5.32 Å². The van der Waals surface area contributed by atoms with Crippen molar-refractivity contribution in [2.24, 2.45) is 0 Å². The monoisotopic (exact) mass is 330 g/mol. The maximum Gasteiger partial charge on any atom is 0.241 e. The minimum absolute atomic E-state index is 0.129. The largest absolute Gasteiger partial charge is 0.315 e. The predicted octanol–water partition coefficient (Wildman–Crippen LogP) is 1.45. The molecular formula is C15H18N6OS. The molecule has 0 fully saturated rings. The average Bonchev–Trinajstić information content (AvgIpc) is 3.14. The van der Waals surface area contributed by atoms with E-state index in [0.717, 1.165) is 31.0 Å². The van der Waals surface area contributed by atoms with Crippen molar-refractivity contribution in [3.05, 3.63) is 28.7 Å². The Kier molecular flexibility index (Phi) is 4.41. The molecule has 23 heavy (non-hydrogen) atoms. The first-order valence-corrected chi connectivity index (χ1v) is 8.39. The summed E-state index contributed by atoms with van der Waals surface area (Å²) in [7, 11) is 0. The molecular weight excluding hydrogens is 312 g/mol. The molecule has 3 heterocycles. The fraction of sp³-hybridized carbons (Fsp3) is 0.467. The molecule has 2 atom stereocenters. The fourth-order valence-electron chi connectivity index (χ4n) is 2.74. The number of amides is 1. The smallest absolute Gasteiger partial charge is 0.241 e. The summed E-state index contributed by atoms with van der Waals surface area (Å²) in [5, 5.41) is 25.8. The lowest BCUT2D eigenvalue weighted by molar-refractivity contribution is -0.118. The van der Waals surface area contributed by atoms with Crippen molar-refractivity contribution in [1.29, 1.82) is 5.26 Å². The summed E-state index contributed by atoms with van der Waals surface area (Å²) in [5.41, 5.74) is 0.498. The summed E-state index contributed by atoms with van der Waals surface area (Å²) in [6, 6.07) is 3.64. The maximum atomic E-state index is 12.3. The molecule has 0 aromatic carbocycles. The van der Waals surface area contributed by atoms with Gasteiger partial charge in [0.15, 0.2) is 0 Å². The fourth-order valence-corrected chi connectivity index (χ4v) is 3.48. The van der Waals surface area contributed by atoms with E-state index in [1.165, 1.54) is 11.3 Å². The van der Waals surface area contributed by atoms with Gasteiger partial charge in [-0.1, -0.05) is 0 Å². The number of aromatic nitrogens is 3. The molecule has 0 radical (unpaired) electrons. The van der Waals surface area contributed by atoms with Crippen LogP contribution in [0.4, 0.5) is 5.00 Å². The molecule has 0 unspecified atom stereocenters. The van der Waals surface area contributed by atoms with Gasteiger partial charge in [0, 0.05) is 19.0 Å². The molecule has 2 N–H and O–H groups in total. The zero-order valence-electron chi connectivity index (χ0n) is 13.0. The molecule has 1 aliphatic rings. The zero-order valence-corrected chi connectivity index (χ0v) is 13.9. The van der Waals surface area contributed by atoms with Crippen LogP contribution in [0.2, 0.25) is 0 Å². The number of hydrogen-bond acceptors (Lipinski definition) is 6. The second kappa shape index (κ2) is 6.48. The van der Waals surface area contributed by atoms with Crippen molar-refractivity contribution < 1.29 is 4.79 Å². The molecule has 1 amide bonds. The van der Waals surface area contributed by atoms with E-state index < -0.39 is 0 Å². The highest BCUT2D eigenvalue weighted by Gasteiger charge is 2.25. The number of nitriles is 1. The zero-order chi connectivity index (χ0) is 16.4. The van der Waals surface area contributed by atoms with Gasteiger partial charge in [-0.3, -0.25) is 4.79 Å². The van der Waals surface area contributed by atoms with Gasteiger partial charge < -0.3 is 15.2 Å². The van der Waals surface area contributed by atoms with E-state index >= 15 is 0 Å². The Bertz CT molecular complexity index is 758. The Morgan fingerprint density at radius 3 is 3.17 bits per heavy atom. The van der Waals surface area contributed by atoms with Crippen LogP contribution in [0.15, 0.2) is 11.4 Å². The minimum Gasteiger partial charge on any atom is -0.315 e. The Morgan fingerprint density at radius 2 is 2.39 bits per heavy atom. The van der Waals surface area contributed by atoms with Crippen LogP contribution in [-0.4, -0.2) is 32.8 Å². The third-order valence-corrected chi connectivity index (χ3v) is 4.86. The Morgan fingerprint density at radius 1 is 1.57 bits per heavy atom. The number of thiophene rings is 1. The summed E-state index contributed by atoms with van der Waals surface area (Å²) >= 11 is 1.36. The summed E-state index contributed by atoms with van der Waals surface area (Å²) in [6.45, 7) is 4.55. The Hall–Kier alpha value is -2.24. The molecule has 3 rings (SSSR count). The number of carbonyl (C=O) groups excluding carboxylic acids is 1. The van der Waals surface area contributed by atoms with E-state index in [0.29, 0.717) is 10.6 Å². The Labute approximate surface area is 138 Å². The molecule has 7 nitrogen and oxygen atoms in total. The lowest BCUT2D eigenvalue weighted by Gasteiger charge is -2.27. The first-order chi connectivity index (χ1) is 11.1. The number of nitrogens with zero attached hydrogens (tertiary/aromatic N) is 4. The normalized spacial score (nSPS) is 18.0. The van der Waals surface area contributed by atoms with Gasteiger partial charge in [-0.25, -0.2) is 0 Å². The second-order valence-electron chi connectivity index (χ2n) is 5.66. The lowest BCUT2D eigenvalue weighted by Crippen LogP contribution is -2.47. The van der Waals surface area contributed by atoms with Gasteiger partial charge in [-0.05, 0) is 31.7 Å². The van der Waals surface area contributed by atoms with Crippen molar-refractivity contribution in [3.63, 3.8) is 0 Å². The van der Waals surface area contributed by atoms with Gasteiger partial charge in [0.05, 0.1) is 11.6 Å². The summed E-state index contributed by atoms with van der Waals surface area (Å²) in [4.78, 5) is 12.3. The number of fused-ring (bicyclic) bond motifs is 1. The molecule has 1 aliphatic heterocycles. The molecule has 0 saturated carbocycles. The van der Waals surface area contributed by atoms with Gasteiger partial charge in [0.25, 0.3) is 0 Å². The topological polar surface area (TPSA) is 95.6 Å². The van der Waals surface area contributed by atoms with Crippen LogP contribution in [0, 0.1) is 18.3 Å². The van der Waals surface area contributed by atoms with Gasteiger partial charge >= 0.3 is 0 Å². The third kappa shape index (κ3) is 3.25. The average molecular weight is 330 g/mol. The summed E-state index contributed by atoms with van der Waals surface area (Å²) < 4.78 is 2.10. The molecule has 0 bridgehead atoms. The first kappa shape index (κ1) is 15.6. The highest BCUT2D eigenvalue weighted by molar-refractivity contribution is 7.14. The molecule has 8 heteroatoms. The molecule has 0 aliphatic carbocycles. The van der Waals surface area contributed by atoms with Crippen LogP contribution in [0.25, 0.3) is 0 Å². The molecule has 0 spiro atoms. The van der Waals surface area contributed by atoms with Crippen molar-refractivity contribution >= 4 is 22.2 Å². The number of nitrogens with one attached hydrogen (secondary N) is 2. The number of carbonyl (C=O) groups is 1. The van der Waals surface area contributed by atoms with Crippen LogP contribution in [0.3, 0.4) is 0 Å². The Balaban J connectivity index is 1.59. The molecule has 0 saturated heterocycles. The van der Waals surface area contributed by atoms with E-state index in [4.69, 9.17) is 5.26 Å². The quantitative estimate of drug-likeness (QED) is 0.884. The molecule has 120 valence electrons. The van der Waals surface area contributed by atoms with Crippen LogP contribution in [0.5, 0.6) is 0 Å². The highest BCUT2D eigenvalue weighted by atomic mass is 32.1. The van der Waals surface area contributed by atoms with Gasteiger partial charge in [0.1, 0.15) is 22.7 Å². The van der Waals surface area contributed by atoms with Crippen LogP contribution < -0.4 is 10.6 Å². The van der Waals surface area contributed by atoms with Crippen molar-refractivity contribution in [1.82, 2.24) is 20.1 Å². The number of aryl methyl sites for hydroxylation is 2. The van der Waals surface area contributed by atoms with Crippen LogP contribution >= 0.6 is 11.3 Å². The van der Waals surface area contributed by atoms with E-state index in [1.54, 1.807) is 11.4 Å². The standard InChI is InChI=1S/C15H18N6OS/c1-9(14(22)18-15-11(7-16)5-6-23-15)17-12-3-4-13-20-19-10(2)21(13)8-12/h5-6,9,12,17H,3-4,8H2,1-2H3,(H,18,22)/t9-,12-/m0/s1. The lowest BCUT2D eigenvalue weighted by atomic mass is 10.1. The summed E-state index contributed by atoms with van der Waals surface area (Å²) in [5.74, 6) is 1.78. The molecule has 2 aromatic heterocycles. The van der Waals surface area contributed by atoms with E-state index in [2.05, 4.69) is 31.5 Å². The SMILES string of the molecule is Cc1nnc2n1C[C@@H](N[C@@H](C)C(=O)Nc1sccc1C#N)CC2. The molecule has 2 aromatic rings. The van der Waals surface area contributed by atoms with Crippen LogP contribution in [-0.2, 0) is 17.8 Å². The number of anilines is 1. The van der Waals surface area contributed by atoms with Gasteiger partial charge in [-0.2, -0.15) is 5.26 Å². The maximum absolute atomic E-state index is 12.3. The van der Waals surface area contributed by atoms with Gasteiger partial charge in [0.2, 0.25) is 5.91 Å². The first-order valence-electron chi connectivity index (χ1n) is 7.51. The number of hydrogen-bond donors (Lipinski definition) is 2. The summed E-state index contributed by atoms with van der Waals surface area (Å²) in [6.07, 6.45) is 1.79. The minimum atomic E-state index is -0.341. The van der Waals surface area contributed by atoms with Crippen LogP contribution in [0.1, 0.15) is 30.6 Å². The van der Waals surface area contributed by atoms with Gasteiger partial charge in [-0.15, -0.1) is 21.5 Å². The van der Waals surface area contributed by atoms with E-state index in [9.17, 15) is 4.79 Å². The highest BCUT2D eigenvalue weighted by Crippen LogP contribution is 2.22. The second-order valence-corrected chi connectivity index (χ2v) is 6.58. The predicted molar refractivity (Wildman–Crippen MR) is 87.1 cm³/mol. The third-order valence-electron chi connectivity index (χ3n) is 4.03. The number of rotatable bonds is 4. The van der Waals surface area contributed by atoms with E-state index in [-0.39, 0.29) is 18.0 Å².